The first-order chi connectivity index (χ1) is 13.9. The Bertz CT molecular complexity index is 1000. The van der Waals surface area contributed by atoms with Crippen LogP contribution in [0.4, 0.5) is 5.69 Å². The van der Waals surface area contributed by atoms with Gasteiger partial charge in [-0.05, 0) is 23.3 Å². The molecule has 0 saturated carbocycles. The van der Waals surface area contributed by atoms with Crippen LogP contribution in [-0.2, 0) is 22.4 Å². The number of carbonyl (C=O) groups excluding carboxylic acids is 1. The van der Waals surface area contributed by atoms with E-state index in [1.165, 1.54) is 0 Å². The molecule has 1 heterocycles. The first-order valence-corrected chi connectivity index (χ1v) is 9.67. The summed E-state index contributed by atoms with van der Waals surface area (Å²) in [6.07, 6.45) is 0.879. The smallest absolute Gasteiger partial charge is 0.326 e. The van der Waals surface area contributed by atoms with Gasteiger partial charge in [0.2, 0.25) is 5.91 Å². The highest BCUT2D eigenvalue weighted by atomic mass is 35.5. The van der Waals surface area contributed by atoms with Crippen LogP contribution in [0.5, 0.6) is 0 Å². The average molecular weight is 469 g/mol. The van der Waals surface area contributed by atoms with Gasteiger partial charge in [0, 0.05) is 40.2 Å². The van der Waals surface area contributed by atoms with Crippen LogP contribution in [0, 0.1) is 12.0 Å². The van der Waals surface area contributed by atoms with Crippen molar-refractivity contribution in [1.29, 1.82) is 0 Å². The predicted molar refractivity (Wildman–Crippen MR) is 120 cm³/mol. The van der Waals surface area contributed by atoms with Gasteiger partial charge in [0.05, 0.1) is 12.5 Å². The fourth-order valence-electron chi connectivity index (χ4n) is 3.31. The SMILES string of the molecule is Cl.NC#CCc1ccc(CC(=O)NC2CC(C(=O)O)Nc3cc(Cl)cc(Cl)c32)cc1. The maximum atomic E-state index is 12.6. The second-order valence-corrected chi connectivity index (χ2v) is 7.57. The molecule has 2 aromatic carbocycles. The van der Waals surface area contributed by atoms with E-state index in [9.17, 15) is 14.7 Å². The highest BCUT2D eigenvalue weighted by Crippen LogP contribution is 2.39. The van der Waals surface area contributed by atoms with E-state index in [2.05, 4.69) is 22.6 Å². The molecule has 158 valence electrons. The summed E-state index contributed by atoms with van der Waals surface area (Å²) in [6, 6.07) is 11.7. The van der Waals surface area contributed by atoms with Gasteiger partial charge in [-0.3, -0.25) is 4.79 Å². The molecule has 1 aliphatic heterocycles. The second kappa shape index (κ2) is 10.4. The Hall–Kier alpha value is -2.59. The van der Waals surface area contributed by atoms with Gasteiger partial charge in [-0.2, -0.15) is 0 Å². The van der Waals surface area contributed by atoms with Crippen LogP contribution in [0.15, 0.2) is 36.4 Å². The monoisotopic (exact) mass is 467 g/mol. The Morgan fingerprint density at radius 3 is 2.50 bits per heavy atom. The van der Waals surface area contributed by atoms with Gasteiger partial charge in [0.15, 0.2) is 0 Å². The summed E-state index contributed by atoms with van der Waals surface area (Å²) < 4.78 is 0. The lowest BCUT2D eigenvalue weighted by molar-refractivity contribution is -0.138. The highest BCUT2D eigenvalue weighted by molar-refractivity contribution is 6.35. The number of carboxylic acid groups (broad SMARTS) is 1. The zero-order valence-electron chi connectivity index (χ0n) is 15.7. The first kappa shape index (κ1) is 23.7. The highest BCUT2D eigenvalue weighted by Gasteiger charge is 2.33. The molecule has 2 atom stereocenters. The molecule has 0 fully saturated rings. The quantitative estimate of drug-likeness (QED) is 0.397. The molecule has 0 aromatic heterocycles. The lowest BCUT2D eigenvalue weighted by atomic mass is 9.92. The van der Waals surface area contributed by atoms with Crippen molar-refractivity contribution in [2.75, 3.05) is 5.32 Å². The number of nitrogens with two attached hydrogens (primary N) is 1. The van der Waals surface area contributed by atoms with Crippen LogP contribution in [0.2, 0.25) is 10.0 Å². The number of fused-ring (bicyclic) bond motifs is 1. The van der Waals surface area contributed by atoms with Crippen molar-refractivity contribution in [1.82, 2.24) is 5.32 Å². The number of hydrogen-bond donors (Lipinski definition) is 4. The zero-order valence-corrected chi connectivity index (χ0v) is 18.1. The summed E-state index contributed by atoms with van der Waals surface area (Å²) in [7, 11) is 0. The van der Waals surface area contributed by atoms with E-state index in [4.69, 9.17) is 28.9 Å². The van der Waals surface area contributed by atoms with Crippen LogP contribution >= 0.6 is 35.6 Å². The molecule has 0 saturated heterocycles. The number of amides is 1. The maximum Gasteiger partial charge on any atom is 0.326 e. The molecule has 0 bridgehead atoms. The van der Waals surface area contributed by atoms with Gasteiger partial charge in [-0.1, -0.05) is 53.4 Å². The molecule has 0 aliphatic carbocycles. The van der Waals surface area contributed by atoms with E-state index in [0.717, 1.165) is 11.1 Å². The summed E-state index contributed by atoms with van der Waals surface area (Å²) in [6.45, 7) is 0. The van der Waals surface area contributed by atoms with Crippen LogP contribution < -0.4 is 16.4 Å². The third-order valence-electron chi connectivity index (χ3n) is 4.66. The van der Waals surface area contributed by atoms with Gasteiger partial charge in [0.25, 0.3) is 0 Å². The molecule has 2 unspecified atom stereocenters. The summed E-state index contributed by atoms with van der Waals surface area (Å²) in [5.74, 6) is 1.54. The molecule has 0 spiro atoms. The normalized spacial score (nSPS) is 16.7. The van der Waals surface area contributed by atoms with Crippen LogP contribution in [0.1, 0.15) is 29.2 Å². The minimum atomic E-state index is -1.01. The van der Waals surface area contributed by atoms with Crippen molar-refractivity contribution in [2.45, 2.75) is 31.3 Å². The first-order valence-electron chi connectivity index (χ1n) is 8.91. The molecule has 1 aliphatic rings. The van der Waals surface area contributed by atoms with Crippen molar-refractivity contribution in [2.24, 2.45) is 5.73 Å². The number of hydrogen-bond acceptors (Lipinski definition) is 4. The Morgan fingerprint density at radius 1 is 1.20 bits per heavy atom. The Kier molecular flexibility index (Phi) is 8.24. The number of benzene rings is 2. The van der Waals surface area contributed by atoms with E-state index in [0.29, 0.717) is 27.7 Å². The number of carboxylic acids is 1. The number of anilines is 1. The number of nitrogens with one attached hydrogen (secondary N) is 2. The summed E-state index contributed by atoms with van der Waals surface area (Å²) in [5, 5.41) is 16.0. The molecule has 1 amide bonds. The van der Waals surface area contributed by atoms with Gasteiger partial charge in [0.1, 0.15) is 6.04 Å². The van der Waals surface area contributed by atoms with Crippen molar-refractivity contribution in [3.8, 4) is 12.0 Å². The molecule has 3 rings (SSSR count). The van der Waals surface area contributed by atoms with Gasteiger partial charge < -0.3 is 21.5 Å². The Balaban J connectivity index is 0.00000320. The lowest BCUT2D eigenvalue weighted by Crippen LogP contribution is -2.41. The second-order valence-electron chi connectivity index (χ2n) is 6.73. The van der Waals surface area contributed by atoms with Crippen LogP contribution in [-0.4, -0.2) is 23.0 Å². The van der Waals surface area contributed by atoms with E-state index >= 15 is 0 Å². The molecule has 5 N–H and O–H groups in total. The van der Waals surface area contributed by atoms with Gasteiger partial charge in [-0.25, -0.2) is 4.79 Å². The average Bonchev–Trinajstić information content (AvgIpc) is 2.66. The molecule has 2 aromatic rings. The molecular formula is C21H20Cl3N3O3. The predicted octanol–water partition coefficient (Wildman–Crippen LogP) is 3.55. The molecular weight excluding hydrogens is 449 g/mol. The number of rotatable bonds is 5. The Labute approximate surface area is 190 Å². The summed E-state index contributed by atoms with van der Waals surface area (Å²) in [4.78, 5) is 24.1. The number of halogens is 3. The molecule has 0 radical (unpaired) electrons. The topological polar surface area (TPSA) is 104 Å². The van der Waals surface area contributed by atoms with E-state index < -0.39 is 18.1 Å². The van der Waals surface area contributed by atoms with Crippen molar-refractivity contribution in [3.63, 3.8) is 0 Å². The van der Waals surface area contributed by atoms with E-state index in [-0.39, 0.29) is 31.2 Å². The largest absolute Gasteiger partial charge is 0.480 e. The van der Waals surface area contributed by atoms with Crippen LogP contribution in [0.3, 0.4) is 0 Å². The maximum absolute atomic E-state index is 12.6. The summed E-state index contributed by atoms with van der Waals surface area (Å²) >= 11 is 12.4. The van der Waals surface area contributed by atoms with Crippen molar-refractivity contribution in [3.05, 3.63) is 63.1 Å². The molecule has 6 nitrogen and oxygen atoms in total. The third-order valence-corrected chi connectivity index (χ3v) is 5.19. The summed E-state index contributed by atoms with van der Waals surface area (Å²) in [5.41, 5.74) is 8.16. The fourth-order valence-corrected chi connectivity index (χ4v) is 3.94. The standard InChI is InChI=1S/C21H19Cl2N3O3.ClH/c22-14-9-15(23)20-16(10-14)25-18(21(28)29)11-17(20)26-19(27)8-13-5-3-12(4-6-13)2-1-7-24;/h3-6,9-10,17-18,25H,2,8,11,24H2,(H,26,27)(H,28,29);1H. The fraction of sp³-hybridized carbons (Fsp3) is 0.238. The van der Waals surface area contributed by atoms with Gasteiger partial charge >= 0.3 is 5.97 Å². The number of aliphatic carboxylic acids is 1. The molecule has 9 heteroatoms. The minimum absolute atomic E-state index is 0. The van der Waals surface area contributed by atoms with Crippen LogP contribution in [0.25, 0.3) is 0 Å². The van der Waals surface area contributed by atoms with Crippen molar-refractivity contribution < 1.29 is 14.7 Å². The zero-order chi connectivity index (χ0) is 21.0. The third kappa shape index (κ3) is 5.73. The van der Waals surface area contributed by atoms with Crippen molar-refractivity contribution >= 4 is 53.2 Å². The number of carbonyl (C=O) groups is 2. The molecule has 30 heavy (non-hydrogen) atoms. The minimum Gasteiger partial charge on any atom is -0.480 e. The Morgan fingerprint density at radius 2 is 1.87 bits per heavy atom. The lowest BCUT2D eigenvalue weighted by Gasteiger charge is -2.32. The van der Waals surface area contributed by atoms with Gasteiger partial charge in [-0.15, -0.1) is 12.4 Å². The van der Waals surface area contributed by atoms with E-state index in [1.807, 2.05) is 24.3 Å². The van der Waals surface area contributed by atoms with E-state index in [1.54, 1.807) is 12.1 Å².